The van der Waals surface area contributed by atoms with Crippen molar-refractivity contribution < 1.29 is 4.79 Å². The summed E-state index contributed by atoms with van der Waals surface area (Å²) in [5.74, 6) is 0.535. The number of carbonyl (C=O) groups excluding carboxylic acids is 1. The molecule has 0 aliphatic heterocycles. The summed E-state index contributed by atoms with van der Waals surface area (Å²) in [7, 11) is 1.61. The predicted molar refractivity (Wildman–Crippen MR) is 80.0 cm³/mol. The highest BCUT2D eigenvalue weighted by Gasteiger charge is 2.12. The lowest BCUT2D eigenvalue weighted by molar-refractivity contribution is -0.121. The van der Waals surface area contributed by atoms with Gasteiger partial charge in [0, 0.05) is 11.9 Å². The van der Waals surface area contributed by atoms with E-state index in [-0.39, 0.29) is 18.0 Å². The van der Waals surface area contributed by atoms with Gasteiger partial charge in [0.2, 0.25) is 5.91 Å². The zero-order chi connectivity index (χ0) is 14.7. The molecule has 0 radical (unpaired) electrons. The Balaban J connectivity index is 2.24. The van der Waals surface area contributed by atoms with Gasteiger partial charge in [-0.2, -0.15) is 0 Å². The molecule has 0 fully saturated rings. The summed E-state index contributed by atoms with van der Waals surface area (Å²) < 4.78 is 0.653. The third-order valence-corrected chi connectivity index (χ3v) is 4.06. The molecule has 0 aliphatic rings. The van der Waals surface area contributed by atoms with Crippen molar-refractivity contribution in [3.8, 4) is 0 Å². The second-order valence-corrected chi connectivity index (χ2v) is 5.82. The summed E-state index contributed by atoms with van der Waals surface area (Å²) in [5, 5.41) is 2.59. The minimum atomic E-state index is -0.112. The molecule has 20 heavy (non-hydrogen) atoms. The van der Waals surface area contributed by atoms with Crippen LogP contribution in [0.3, 0.4) is 0 Å². The average Bonchev–Trinajstić information content (AvgIpc) is 2.78. The topological polar surface area (TPSA) is 78.1 Å². The Morgan fingerprint density at radius 3 is 2.95 bits per heavy atom. The Morgan fingerprint density at radius 2 is 2.30 bits per heavy atom. The van der Waals surface area contributed by atoms with Crippen molar-refractivity contribution in [3.63, 3.8) is 0 Å². The zero-order valence-electron chi connectivity index (χ0n) is 11.8. The van der Waals surface area contributed by atoms with Crippen LogP contribution in [0.1, 0.15) is 17.6 Å². The highest BCUT2D eigenvalue weighted by atomic mass is 32.1. The van der Waals surface area contributed by atoms with Crippen molar-refractivity contribution in [2.75, 3.05) is 20.1 Å². The van der Waals surface area contributed by atoms with Crippen LogP contribution in [0.5, 0.6) is 0 Å². The Labute approximate surface area is 120 Å². The molecule has 0 aromatic carbocycles. The van der Waals surface area contributed by atoms with Gasteiger partial charge < -0.3 is 10.3 Å². The monoisotopic (exact) mass is 294 g/mol. The molecular weight excluding hydrogens is 276 g/mol. The van der Waals surface area contributed by atoms with Gasteiger partial charge in [0.25, 0.3) is 5.56 Å². The van der Waals surface area contributed by atoms with Crippen LogP contribution >= 0.6 is 11.3 Å². The lowest BCUT2D eigenvalue weighted by Crippen LogP contribution is -2.35. The van der Waals surface area contributed by atoms with E-state index in [4.69, 9.17) is 0 Å². The van der Waals surface area contributed by atoms with Crippen LogP contribution in [0.25, 0.3) is 10.2 Å². The van der Waals surface area contributed by atoms with Crippen LogP contribution in [0, 0.1) is 6.92 Å². The maximum Gasteiger partial charge on any atom is 0.268 e. The number of nitrogens with one attached hydrogen (secondary N) is 2. The number of H-pyrrole nitrogens is 1. The molecule has 2 heterocycles. The molecular formula is C13H18N4O2S. The Hall–Kier alpha value is -1.73. The number of hydrogen-bond acceptors (Lipinski definition) is 5. The van der Waals surface area contributed by atoms with Crippen LogP contribution in [0.15, 0.2) is 10.9 Å². The number of carbonyl (C=O) groups is 1. The lowest BCUT2D eigenvalue weighted by Gasteiger charge is -2.18. The summed E-state index contributed by atoms with van der Waals surface area (Å²) >= 11 is 1.44. The SMILES string of the molecule is CCN(CC(=O)NC)Cc1nc2cc(C)sc2c(=O)[nH]1. The smallest absolute Gasteiger partial charge is 0.268 e. The third-order valence-electron chi connectivity index (χ3n) is 3.02. The van der Waals surface area contributed by atoms with Crippen molar-refractivity contribution in [2.24, 2.45) is 0 Å². The van der Waals surface area contributed by atoms with E-state index in [1.807, 2.05) is 24.8 Å². The quantitative estimate of drug-likeness (QED) is 0.857. The first-order valence-corrected chi connectivity index (χ1v) is 7.27. The van der Waals surface area contributed by atoms with Crippen molar-refractivity contribution in [2.45, 2.75) is 20.4 Å². The Morgan fingerprint density at radius 1 is 1.55 bits per heavy atom. The van der Waals surface area contributed by atoms with Crippen molar-refractivity contribution >= 4 is 27.5 Å². The minimum absolute atomic E-state index is 0.0540. The third kappa shape index (κ3) is 3.23. The molecule has 0 unspecified atom stereocenters. The molecule has 2 aromatic heterocycles. The number of hydrogen-bond donors (Lipinski definition) is 2. The zero-order valence-corrected chi connectivity index (χ0v) is 12.6. The first-order valence-electron chi connectivity index (χ1n) is 6.45. The molecule has 0 saturated carbocycles. The van der Waals surface area contributed by atoms with Gasteiger partial charge in [0.05, 0.1) is 18.6 Å². The molecule has 0 aliphatic carbocycles. The molecule has 0 saturated heterocycles. The maximum atomic E-state index is 12.0. The van der Waals surface area contributed by atoms with E-state index < -0.39 is 0 Å². The number of thiophene rings is 1. The van der Waals surface area contributed by atoms with Crippen LogP contribution in [0.2, 0.25) is 0 Å². The fourth-order valence-corrected chi connectivity index (χ4v) is 2.80. The first kappa shape index (κ1) is 14.7. The second-order valence-electron chi connectivity index (χ2n) is 4.56. The molecule has 1 amide bonds. The standard InChI is InChI=1S/C13H18N4O2S/c1-4-17(7-11(18)14-3)6-10-15-9-5-8(2)20-12(9)13(19)16-10/h5H,4,6-7H2,1-3H3,(H,14,18)(H,15,16,19). The van der Waals surface area contributed by atoms with Gasteiger partial charge in [-0.15, -0.1) is 11.3 Å². The molecule has 0 bridgehead atoms. The summed E-state index contributed by atoms with van der Waals surface area (Å²) in [4.78, 5) is 33.6. The molecule has 108 valence electrons. The van der Waals surface area contributed by atoms with Crippen LogP contribution in [0.4, 0.5) is 0 Å². The van der Waals surface area contributed by atoms with Gasteiger partial charge >= 0.3 is 0 Å². The summed E-state index contributed by atoms with van der Waals surface area (Å²) in [6.07, 6.45) is 0. The van der Waals surface area contributed by atoms with Gasteiger partial charge in [0.15, 0.2) is 0 Å². The Kier molecular flexibility index (Phi) is 4.51. The highest BCUT2D eigenvalue weighted by Crippen LogP contribution is 2.19. The van der Waals surface area contributed by atoms with Gasteiger partial charge in [-0.1, -0.05) is 6.92 Å². The van der Waals surface area contributed by atoms with Crippen LogP contribution in [-0.4, -0.2) is 40.9 Å². The molecule has 2 aromatic rings. The van der Waals surface area contributed by atoms with Gasteiger partial charge in [-0.05, 0) is 19.5 Å². The van der Waals surface area contributed by atoms with E-state index in [2.05, 4.69) is 15.3 Å². The molecule has 2 N–H and O–H groups in total. The lowest BCUT2D eigenvalue weighted by atomic mass is 10.4. The highest BCUT2D eigenvalue weighted by molar-refractivity contribution is 7.18. The van der Waals surface area contributed by atoms with E-state index in [0.29, 0.717) is 23.6 Å². The van der Waals surface area contributed by atoms with E-state index in [1.54, 1.807) is 7.05 Å². The number of likely N-dealkylation sites (N-methyl/N-ethyl adjacent to an activating group) is 2. The number of nitrogens with zero attached hydrogens (tertiary/aromatic N) is 2. The number of fused-ring (bicyclic) bond motifs is 1. The van der Waals surface area contributed by atoms with Crippen LogP contribution in [-0.2, 0) is 11.3 Å². The van der Waals surface area contributed by atoms with Crippen molar-refractivity contribution in [1.82, 2.24) is 20.2 Å². The Bertz CT molecular complexity index is 677. The average molecular weight is 294 g/mol. The van der Waals surface area contributed by atoms with Crippen LogP contribution < -0.4 is 10.9 Å². The normalized spacial score (nSPS) is 11.2. The number of amides is 1. The van der Waals surface area contributed by atoms with Gasteiger partial charge in [-0.3, -0.25) is 14.5 Å². The van der Waals surface area contributed by atoms with Crippen molar-refractivity contribution in [1.29, 1.82) is 0 Å². The number of rotatable bonds is 5. The molecule has 2 rings (SSSR count). The number of aryl methyl sites for hydroxylation is 1. The fraction of sp³-hybridized carbons (Fsp3) is 0.462. The summed E-state index contributed by atoms with van der Waals surface area (Å²) in [6.45, 7) is 5.36. The van der Waals surface area contributed by atoms with Crippen molar-refractivity contribution in [3.05, 3.63) is 27.1 Å². The minimum Gasteiger partial charge on any atom is -0.358 e. The number of aromatic nitrogens is 2. The summed E-state index contributed by atoms with van der Waals surface area (Å²) in [5.41, 5.74) is 0.612. The number of aromatic amines is 1. The van der Waals surface area contributed by atoms with E-state index in [9.17, 15) is 9.59 Å². The largest absolute Gasteiger partial charge is 0.358 e. The van der Waals surface area contributed by atoms with Gasteiger partial charge in [0.1, 0.15) is 10.5 Å². The first-order chi connectivity index (χ1) is 9.53. The van der Waals surface area contributed by atoms with E-state index >= 15 is 0 Å². The van der Waals surface area contributed by atoms with E-state index in [1.165, 1.54) is 11.3 Å². The molecule has 7 heteroatoms. The molecule has 0 spiro atoms. The van der Waals surface area contributed by atoms with Gasteiger partial charge in [-0.25, -0.2) is 4.98 Å². The fourth-order valence-electron chi connectivity index (χ4n) is 1.96. The summed E-state index contributed by atoms with van der Waals surface area (Å²) in [6, 6.07) is 1.91. The molecule has 6 nitrogen and oxygen atoms in total. The maximum absolute atomic E-state index is 12.0. The van der Waals surface area contributed by atoms with E-state index in [0.717, 1.165) is 10.4 Å². The molecule has 0 atom stereocenters. The predicted octanol–water partition coefficient (Wildman–Crippen LogP) is 0.861. The second kappa shape index (κ2) is 6.15.